The molecule has 0 aliphatic rings. The highest BCUT2D eigenvalue weighted by atomic mass is 32.1. The third kappa shape index (κ3) is 5.96. The van der Waals surface area contributed by atoms with Gasteiger partial charge in [-0.3, -0.25) is 10.1 Å². The van der Waals surface area contributed by atoms with E-state index in [0.717, 1.165) is 17.0 Å². The molecule has 0 aliphatic carbocycles. The van der Waals surface area contributed by atoms with Gasteiger partial charge in [-0.05, 0) is 29.8 Å². The molecule has 0 saturated heterocycles. The molecule has 2 aromatic carbocycles. The molecule has 0 unspecified atom stereocenters. The normalized spacial score (nSPS) is 10.9. The summed E-state index contributed by atoms with van der Waals surface area (Å²) in [6.07, 6.45) is -2.42. The van der Waals surface area contributed by atoms with E-state index in [1.165, 1.54) is 42.7 Å². The van der Waals surface area contributed by atoms with Gasteiger partial charge >= 0.3 is 6.18 Å². The summed E-state index contributed by atoms with van der Waals surface area (Å²) in [6.45, 7) is -0.296. The number of nitriles is 1. The number of aromatic nitrogens is 1. The van der Waals surface area contributed by atoms with Crippen LogP contribution in [-0.2, 0) is 17.4 Å². The first kappa shape index (κ1) is 22.1. The van der Waals surface area contributed by atoms with E-state index in [2.05, 4.69) is 10.3 Å². The van der Waals surface area contributed by atoms with Crippen molar-refractivity contribution in [3.05, 3.63) is 70.2 Å². The van der Waals surface area contributed by atoms with Crippen molar-refractivity contribution >= 4 is 22.4 Å². The van der Waals surface area contributed by atoms with Gasteiger partial charge in [-0.1, -0.05) is 12.1 Å². The minimum absolute atomic E-state index is 0.296. The van der Waals surface area contributed by atoms with Gasteiger partial charge < -0.3 is 9.47 Å². The van der Waals surface area contributed by atoms with Crippen LogP contribution in [0.25, 0.3) is 0 Å². The molecular formula is C21H16F3N3O3S. The van der Waals surface area contributed by atoms with Gasteiger partial charge in [0.2, 0.25) is 0 Å². The molecule has 1 amide bonds. The molecule has 0 spiro atoms. The van der Waals surface area contributed by atoms with E-state index in [9.17, 15) is 18.0 Å². The molecule has 1 aromatic heterocycles. The molecule has 3 aromatic rings. The zero-order chi connectivity index (χ0) is 22.4. The maximum atomic E-state index is 12.6. The van der Waals surface area contributed by atoms with Crippen LogP contribution in [0.15, 0.2) is 48.7 Å². The number of hydrogen-bond donors (Lipinski definition) is 1. The number of benzene rings is 2. The van der Waals surface area contributed by atoms with Crippen molar-refractivity contribution < 1.29 is 27.4 Å². The molecule has 3 rings (SSSR count). The van der Waals surface area contributed by atoms with Crippen molar-refractivity contribution in [1.29, 1.82) is 5.26 Å². The minimum Gasteiger partial charge on any atom is -0.493 e. The number of carbonyl (C=O) groups is 1. The van der Waals surface area contributed by atoms with Gasteiger partial charge in [-0.2, -0.15) is 18.4 Å². The average molecular weight is 447 g/mol. The minimum atomic E-state index is -4.37. The van der Waals surface area contributed by atoms with Gasteiger partial charge in [0.25, 0.3) is 5.91 Å². The van der Waals surface area contributed by atoms with E-state index in [4.69, 9.17) is 14.7 Å². The first-order valence-electron chi connectivity index (χ1n) is 8.90. The number of halogens is 3. The van der Waals surface area contributed by atoms with Gasteiger partial charge in [0.15, 0.2) is 23.2 Å². The van der Waals surface area contributed by atoms with Crippen molar-refractivity contribution in [3.63, 3.8) is 0 Å². The van der Waals surface area contributed by atoms with Gasteiger partial charge in [0, 0.05) is 23.6 Å². The molecule has 0 radical (unpaired) electrons. The number of hydrogen-bond acceptors (Lipinski definition) is 6. The van der Waals surface area contributed by atoms with E-state index in [1.807, 2.05) is 6.07 Å². The van der Waals surface area contributed by atoms with Crippen LogP contribution >= 0.6 is 11.3 Å². The maximum absolute atomic E-state index is 12.6. The largest absolute Gasteiger partial charge is 0.493 e. The zero-order valence-electron chi connectivity index (χ0n) is 16.2. The topological polar surface area (TPSA) is 84.2 Å². The molecule has 0 bridgehead atoms. The second-order valence-electron chi connectivity index (χ2n) is 6.32. The number of nitrogens with one attached hydrogen (secondary N) is 1. The number of carbonyl (C=O) groups excluding carboxylic acids is 1. The predicted molar refractivity (Wildman–Crippen MR) is 108 cm³/mol. The Labute approximate surface area is 179 Å². The van der Waals surface area contributed by atoms with Gasteiger partial charge in [-0.25, -0.2) is 4.98 Å². The summed E-state index contributed by atoms with van der Waals surface area (Å²) < 4.78 is 48.5. The first-order chi connectivity index (χ1) is 14.8. The number of ether oxygens (including phenoxy) is 2. The molecule has 0 saturated carbocycles. The molecule has 6 nitrogen and oxygen atoms in total. The van der Waals surface area contributed by atoms with E-state index in [0.29, 0.717) is 34.2 Å². The Bertz CT molecular complexity index is 1110. The van der Waals surface area contributed by atoms with Crippen LogP contribution in [0, 0.1) is 11.3 Å². The molecule has 1 N–H and O–H groups in total. The fraction of sp³-hybridized carbons (Fsp3) is 0.190. The van der Waals surface area contributed by atoms with E-state index in [-0.39, 0.29) is 6.61 Å². The van der Waals surface area contributed by atoms with Crippen molar-refractivity contribution in [2.75, 3.05) is 19.0 Å². The Balaban J connectivity index is 1.55. The molecule has 0 aliphatic heterocycles. The number of nitrogens with zero attached hydrogens (tertiary/aromatic N) is 2. The highest BCUT2D eigenvalue weighted by Crippen LogP contribution is 2.30. The van der Waals surface area contributed by atoms with E-state index in [1.54, 1.807) is 12.3 Å². The summed E-state index contributed by atoms with van der Waals surface area (Å²) >= 11 is 1.22. The fourth-order valence-electron chi connectivity index (χ4n) is 2.61. The lowest BCUT2D eigenvalue weighted by Gasteiger charge is -2.10. The van der Waals surface area contributed by atoms with Gasteiger partial charge in [0.1, 0.15) is 0 Å². The van der Waals surface area contributed by atoms with Crippen molar-refractivity contribution in [2.45, 2.75) is 12.6 Å². The molecule has 1 heterocycles. The Morgan fingerprint density at radius 2 is 1.94 bits per heavy atom. The highest BCUT2D eigenvalue weighted by Gasteiger charge is 2.29. The van der Waals surface area contributed by atoms with Crippen molar-refractivity contribution in [2.24, 2.45) is 0 Å². The summed E-state index contributed by atoms with van der Waals surface area (Å²) in [6, 6.07) is 11.5. The van der Waals surface area contributed by atoms with E-state index < -0.39 is 17.6 Å². The van der Waals surface area contributed by atoms with Gasteiger partial charge in [-0.15, -0.1) is 11.3 Å². The summed E-state index contributed by atoms with van der Waals surface area (Å²) in [5, 5.41) is 11.9. The van der Waals surface area contributed by atoms with E-state index >= 15 is 0 Å². The summed E-state index contributed by atoms with van der Waals surface area (Å²) in [4.78, 5) is 17.0. The van der Waals surface area contributed by atoms with Crippen LogP contribution in [0.3, 0.4) is 0 Å². The second kappa shape index (κ2) is 9.49. The number of amides is 1. The maximum Gasteiger partial charge on any atom is 0.416 e. The molecule has 31 heavy (non-hydrogen) atoms. The number of rotatable bonds is 7. The Morgan fingerprint density at radius 1 is 1.19 bits per heavy atom. The first-order valence-corrected chi connectivity index (χ1v) is 9.72. The molecule has 0 fully saturated rings. The van der Waals surface area contributed by atoms with Crippen LogP contribution in [0.2, 0.25) is 0 Å². The Kier molecular flexibility index (Phi) is 6.77. The number of alkyl halides is 3. The smallest absolute Gasteiger partial charge is 0.416 e. The molecular weight excluding hydrogens is 431 g/mol. The van der Waals surface area contributed by atoms with Crippen LogP contribution in [-0.4, -0.2) is 24.6 Å². The second-order valence-corrected chi connectivity index (χ2v) is 7.43. The average Bonchev–Trinajstić information content (AvgIpc) is 3.18. The number of thiazole rings is 1. The number of anilines is 1. The summed E-state index contributed by atoms with van der Waals surface area (Å²) in [5.74, 6) is 0.209. The summed E-state index contributed by atoms with van der Waals surface area (Å²) in [7, 11) is 1.43. The third-order valence-electron chi connectivity index (χ3n) is 4.11. The van der Waals surface area contributed by atoms with Crippen LogP contribution in [0.1, 0.15) is 21.6 Å². The molecule has 160 valence electrons. The quantitative estimate of drug-likeness (QED) is 0.570. The Morgan fingerprint density at radius 3 is 2.58 bits per heavy atom. The standard InChI is InChI=1S/C21H16F3N3O3S/c1-29-18-9-14(10-25)4-7-17(18)30-12-19(28)27-20-26-11-16(31-20)8-13-2-5-15(6-3-13)21(22,23)24/h2-7,9,11H,8,12H2,1H3,(H,26,27,28). The van der Waals surface area contributed by atoms with Crippen LogP contribution in [0.5, 0.6) is 11.5 Å². The molecule has 10 heteroatoms. The van der Waals surface area contributed by atoms with Crippen molar-refractivity contribution in [1.82, 2.24) is 4.98 Å². The molecule has 0 atom stereocenters. The van der Waals surface area contributed by atoms with Crippen LogP contribution < -0.4 is 14.8 Å². The lowest BCUT2D eigenvalue weighted by molar-refractivity contribution is -0.137. The monoisotopic (exact) mass is 447 g/mol. The van der Waals surface area contributed by atoms with Gasteiger partial charge in [0.05, 0.1) is 24.3 Å². The highest BCUT2D eigenvalue weighted by molar-refractivity contribution is 7.15. The number of methoxy groups -OCH3 is 1. The summed E-state index contributed by atoms with van der Waals surface area (Å²) in [5.41, 5.74) is 0.398. The lowest BCUT2D eigenvalue weighted by atomic mass is 10.1. The Hall–Kier alpha value is -3.58. The zero-order valence-corrected chi connectivity index (χ0v) is 17.0. The van der Waals surface area contributed by atoms with Crippen LogP contribution in [0.4, 0.5) is 18.3 Å². The third-order valence-corrected chi connectivity index (χ3v) is 5.02. The fourth-order valence-corrected chi connectivity index (χ4v) is 3.48. The van der Waals surface area contributed by atoms with Crippen molar-refractivity contribution in [3.8, 4) is 17.6 Å². The lowest BCUT2D eigenvalue weighted by Crippen LogP contribution is -2.20. The SMILES string of the molecule is COc1cc(C#N)ccc1OCC(=O)Nc1ncc(Cc2ccc(C(F)(F)F)cc2)s1. The predicted octanol–water partition coefficient (Wildman–Crippen LogP) is 4.65.